The van der Waals surface area contributed by atoms with E-state index in [1.807, 2.05) is 24.3 Å². The second-order valence-electron chi connectivity index (χ2n) is 4.86. The Kier molecular flexibility index (Phi) is 5.56. The zero-order valence-electron chi connectivity index (χ0n) is 11.5. The molecule has 2 rings (SSSR count). The molecular weight excluding hydrogens is 252 g/mol. The maximum Gasteiger partial charge on any atom is 0.158 e. The van der Waals surface area contributed by atoms with Gasteiger partial charge in [-0.2, -0.15) is 0 Å². The van der Waals surface area contributed by atoms with E-state index in [0.717, 1.165) is 25.0 Å². The van der Waals surface area contributed by atoms with E-state index in [4.69, 9.17) is 9.84 Å². The van der Waals surface area contributed by atoms with Crippen LogP contribution in [0.5, 0.6) is 5.75 Å². The SMILES string of the molecule is O=C(CO)CCCCCOc1ccc2ccccc2c1. The van der Waals surface area contributed by atoms with Gasteiger partial charge in [-0.25, -0.2) is 0 Å². The predicted molar refractivity (Wildman–Crippen MR) is 80.0 cm³/mol. The van der Waals surface area contributed by atoms with E-state index in [2.05, 4.69) is 18.2 Å². The zero-order chi connectivity index (χ0) is 14.2. The summed E-state index contributed by atoms with van der Waals surface area (Å²) in [7, 11) is 0. The van der Waals surface area contributed by atoms with Crippen molar-refractivity contribution in [3.63, 3.8) is 0 Å². The zero-order valence-corrected chi connectivity index (χ0v) is 11.5. The maximum absolute atomic E-state index is 10.9. The molecule has 2 aromatic carbocycles. The number of aliphatic hydroxyl groups excluding tert-OH is 1. The van der Waals surface area contributed by atoms with Crippen LogP contribution < -0.4 is 4.74 Å². The summed E-state index contributed by atoms with van der Waals surface area (Å²) in [5, 5.41) is 11.0. The summed E-state index contributed by atoms with van der Waals surface area (Å²) >= 11 is 0. The molecule has 0 saturated heterocycles. The molecule has 3 heteroatoms. The Morgan fingerprint density at radius 1 is 1.00 bits per heavy atom. The first kappa shape index (κ1) is 14.5. The van der Waals surface area contributed by atoms with Gasteiger partial charge < -0.3 is 9.84 Å². The van der Waals surface area contributed by atoms with E-state index >= 15 is 0 Å². The number of fused-ring (bicyclic) bond motifs is 1. The Bertz CT molecular complexity index is 563. The molecule has 0 unspecified atom stereocenters. The molecule has 2 aromatic rings. The molecule has 0 aromatic heterocycles. The minimum absolute atomic E-state index is 0.0829. The molecule has 0 saturated carbocycles. The number of benzene rings is 2. The number of Topliss-reactive ketones (excluding diaryl/α,β-unsaturated/α-hetero) is 1. The van der Waals surface area contributed by atoms with Crippen LogP contribution in [0.15, 0.2) is 42.5 Å². The molecule has 20 heavy (non-hydrogen) atoms. The van der Waals surface area contributed by atoms with Crippen molar-refractivity contribution in [2.45, 2.75) is 25.7 Å². The number of unbranched alkanes of at least 4 members (excludes halogenated alkanes) is 2. The predicted octanol–water partition coefficient (Wildman–Crippen LogP) is 3.34. The lowest BCUT2D eigenvalue weighted by molar-refractivity contribution is -0.121. The minimum atomic E-state index is -0.340. The number of carbonyl (C=O) groups excluding carboxylic acids is 1. The first-order valence-corrected chi connectivity index (χ1v) is 7.04. The standard InChI is InChI=1S/C17H20O3/c18-13-16(19)8-2-1-5-11-20-17-10-9-14-6-3-4-7-15(14)12-17/h3-4,6-7,9-10,12,18H,1-2,5,8,11,13H2. The summed E-state index contributed by atoms with van der Waals surface area (Å²) in [6, 6.07) is 14.3. The molecule has 0 aliphatic heterocycles. The Balaban J connectivity index is 1.72. The summed E-state index contributed by atoms with van der Waals surface area (Å²) in [5.41, 5.74) is 0. The fraction of sp³-hybridized carbons (Fsp3) is 0.353. The van der Waals surface area contributed by atoms with Gasteiger partial charge in [0.1, 0.15) is 12.4 Å². The summed E-state index contributed by atoms with van der Waals surface area (Å²) in [4.78, 5) is 10.9. The lowest BCUT2D eigenvalue weighted by Gasteiger charge is -2.07. The van der Waals surface area contributed by atoms with Crippen LogP contribution in [0.2, 0.25) is 0 Å². The summed E-state index contributed by atoms with van der Waals surface area (Å²) in [6.45, 7) is 0.319. The van der Waals surface area contributed by atoms with Crippen LogP contribution >= 0.6 is 0 Å². The van der Waals surface area contributed by atoms with Gasteiger partial charge in [-0.05, 0) is 42.2 Å². The number of carbonyl (C=O) groups is 1. The van der Waals surface area contributed by atoms with Gasteiger partial charge >= 0.3 is 0 Å². The molecule has 0 atom stereocenters. The van der Waals surface area contributed by atoms with Gasteiger partial charge in [0, 0.05) is 6.42 Å². The number of aliphatic hydroxyl groups is 1. The van der Waals surface area contributed by atoms with Crippen molar-refractivity contribution < 1.29 is 14.6 Å². The van der Waals surface area contributed by atoms with Crippen LogP contribution in [-0.2, 0) is 4.79 Å². The molecule has 106 valence electrons. The molecular formula is C17H20O3. The first-order valence-electron chi connectivity index (χ1n) is 7.04. The van der Waals surface area contributed by atoms with Crippen LogP contribution in [0.1, 0.15) is 25.7 Å². The van der Waals surface area contributed by atoms with Crippen molar-refractivity contribution in [3.8, 4) is 5.75 Å². The van der Waals surface area contributed by atoms with Gasteiger partial charge in [0.05, 0.1) is 6.61 Å². The van der Waals surface area contributed by atoms with Gasteiger partial charge in [0.15, 0.2) is 5.78 Å². The molecule has 1 N–H and O–H groups in total. The number of rotatable bonds is 8. The van der Waals surface area contributed by atoms with Crippen molar-refractivity contribution in [1.82, 2.24) is 0 Å². The Labute approximate surface area is 119 Å². The second kappa shape index (κ2) is 7.65. The molecule has 0 aliphatic rings. The second-order valence-corrected chi connectivity index (χ2v) is 4.86. The summed E-state index contributed by atoms with van der Waals surface area (Å²) in [5.74, 6) is 0.801. The number of ketones is 1. The van der Waals surface area contributed by atoms with Crippen molar-refractivity contribution >= 4 is 16.6 Å². The minimum Gasteiger partial charge on any atom is -0.494 e. The van der Waals surface area contributed by atoms with E-state index in [1.54, 1.807) is 0 Å². The van der Waals surface area contributed by atoms with Gasteiger partial charge in [-0.3, -0.25) is 4.79 Å². The van der Waals surface area contributed by atoms with Crippen molar-refractivity contribution in [3.05, 3.63) is 42.5 Å². The average Bonchev–Trinajstić information content (AvgIpc) is 2.50. The quantitative estimate of drug-likeness (QED) is 0.750. The third kappa shape index (κ3) is 4.35. The maximum atomic E-state index is 10.9. The van der Waals surface area contributed by atoms with Crippen molar-refractivity contribution in [2.24, 2.45) is 0 Å². The smallest absolute Gasteiger partial charge is 0.158 e. The van der Waals surface area contributed by atoms with E-state index < -0.39 is 0 Å². The van der Waals surface area contributed by atoms with E-state index in [-0.39, 0.29) is 12.4 Å². The molecule has 0 amide bonds. The van der Waals surface area contributed by atoms with Crippen LogP contribution in [0, 0.1) is 0 Å². The largest absolute Gasteiger partial charge is 0.494 e. The lowest BCUT2D eigenvalue weighted by Crippen LogP contribution is -2.03. The average molecular weight is 272 g/mol. The lowest BCUT2D eigenvalue weighted by atomic mass is 10.1. The Hall–Kier alpha value is -1.87. The molecule has 0 fully saturated rings. The normalized spacial score (nSPS) is 10.7. The number of ether oxygens (including phenoxy) is 1. The highest BCUT2D eigenvalue weighted by molar-refractivity contribution is 5.83. The molecule has 0 heterocycles. The third-order valence-electron chi connectivity index (χ3n) is 3.27. The van der Waals surface area contributed by atoms with Crippen LogP contribution in [0.25, 0.3) is 10.8 Å². The van der Waals surface area contributed by atoms with Gasteiger partial charge in [0.25, 0.3) is 0 Å². The highest BCUT2D eigenvalue weighted by Crippen LogP contribution is 2.20. The van der Waals surface area contributed by atoms with Crippen LogP contribution in [-0.4, -0.2) is 24.1 Å². The fourth-order valence-electron chi connectivity index (χ4n) is 2.13. The van der Waals surface area contributed by atoms with Crippen molar-refractivity contribution in [2.75, 3.05) is 13.2 Å². The highest BCUT2D eigenvalue weighted by Gasteiger charge is 2.00. The van der Waals surface area contributed by atoms with Gasteiger partial charge in [-0.1, -0.05) is 30.3 Å². The van der Waals surface area contributed by atoms with Crippen LogP contribution in [0.3, 0.4) is 0 Å². The molecule has 3 nitrogen and oxygen atoms in total. The molecule has 0 radical (unpaired) electrons. The van der Waals surface area contributed by atoms with Gasteiger partial charge in [0.2, 0.25) is 0 Å². The molecule has 0 spiro atoms. The fourth-order valence-corrected chi connectivity index (χ4v) is 2.13. The summed E-state index contributed by atoms with van der Waals surface area (Å²) < 4.78 is 5.71. The topological polar surface area (TPSA) is 46.5 Å². The molecule has 0 aliphatic carbocycles. The third-order valence-corrected chi connectivity index (χ3v) is 3.27. The van der Waals surface area contributed by atoms with Crippen LogP contribution in [0.4, 0.5) is 0 Å². The van der Waals surface area contributed by atoms with Gasteiger partial charge in [-0.15, -0.1) is 0 Å². The number of hydrogen-bond donors (Lipinski definition) is 1. The summed E-state index contributed by atoms with van der Waals surface area (Å²) in [6.07, 6.45) is 3.15. The first-order chi connectivity index (χ1) is 9.79. The molecule has 0 bridgehead atoms. The van der Waals surface area contributed by atoms with Crippen molar-refractivity contribution in [1.29, 1.82) is 0 Å². The monoisotopic (exact) mass is 272 g/mol. The van der Waals surface area contributed by atoms with E-state index in [1.165, 1.54) is 10.8 Å². The van der Waals surface area contributed by atoms with E-state index in [0.29, 0.717) is 13.0 Å². The Morgan fingerprint density at radius 3 is 2.60 bits per heavy atom. The van der Waals surface area contributed by atoms with E-state index in [9.17, 15) is 4.79 Å². The number of hydrogen-bond acceptors (Lipinski definition) is 3. The highest BCUT2D eigenvalue weighted by atomic mass is 16.5. The Morgan fingerprint density at radius 2 is 1.80 bits per heavy atom.